The van der Waals surface area contributed by atoms with Gasteiger partial charge < -0.3 is 15.3 Å². The number of nitrogens with one attached hydrogen (secondary N) is 1. The van der Waals surface area contributed by atoms with Crippen LogP contribution < -0.4 is 5.32 Å². The minimum atomic E-state index is -0.255. The minimum Gasteiger partial charge on any atom is -0.393 e. The summed E-state index contributed by atoms with van der Waals surface area (Å²) in [7, 11) is 1.84. The second-order valence-electron chi connectivity index (χ2n) is 7.09. The summed E-state index contributed by atoms with van der Waals surface area (Å²) < 4.78 is 0. The van der Waals surface area contributed by atoms with Crippen molar-refractivity contribution in [2.24, 2.45) is 5.92 Å². The first-order valence-corrected chi connectivity index (χ1v) is 8.92. The van der Waals surface area contributed by atoms with Crippen LogP contribution in [0.3, 0.4) is 0 Å². The van der Waals surface area contributed by atoms with Crippen molar-refractivity contribution >= 4 is 6.03 Å². The molecule has 2 aliphatic rings. The van der Waals surface area contributed by atoms with Gasteiger partial charge in [-0.15, -0.1) is 0 Å². The molecule has 2 amide bonds. The van der Waals surface area contributed by atoms with Crippen LogP contribution in [0.1, 0.15) is 55.7 Å². The van der Waals surface area contributed by atoms with Crippen LogP contribution >= 0.6 is 0 Å². The van der Waals surface area contributed by atoms with Gasteiger partial charge in [0.15, 0.2) is 0 Å². The third kappa shape index (κ3) is 3.86. The highest BCUT2D eigenvalue weighted by atomic mass is 16.3. The van der Waals surface area contributed by atoms with Crippen LogP contribution in [0.25, 0.3) is 0 Å². The van der Waals surface area contributed by atoms with Crippen molar-refractivity contribution in [1.82, 2.24) is 10.2 Å². The Bertz CT molecular complexity index is 546. The first kappa shape index (κ1) is 16.3. The molecule has 3 rings (SSSR count). The highest BCUT2D eigenvalue weighted by molar-refractivity contribution is 5.74. The second-order valence-corrected chi connectivity index (χ2v) is 7.09. The number of carbonyl (C=O) groups is 1. The smallest absolute Gasteiger partial charge is 0.317 e. The minimum absolute atomic E-state index is 0.0236. The van der Waals surface area contributed by atoms with Crippen molar-refractivity contribution in [2.45, 2.75) is 57.1 Å². The van der Waals surface area contributed by atoms with E-state index in [1.807, 2.05) is 13.1 Å². The van der Waals surface area contributed by atoms with Gasteiger partial charge in [-0.25, -0.2) is 4.79 Å². The van der Waals surface area contributed by atoms with Crippen LogP contribution in [0.2, 0.25) is 0 Å². The van der Waals surface area contributed by atoms with Gasteiger partial charge in [0.2, 0.25) is 0 Å². The fraction of sp³-hybridized carbons (Fsp3) is 0.632. The summed E-state index contributed by atoms with van der Waals surface area (Å²) in [6, 6.07) is 8.50. The molecule has 1 fully saturated rings. The molecular formula is C19H28N2O2. The lowest BCUT2D eigenvalue weighted by Crippen LogP contribution is -2.44. The molecule has 23 heavy (non-hydrogen) atoms. The molecule has 4 nitrogen and oxygen atoms in total. The van der Waals surface area contributed by atoms with Gasteiger partial charge in [-0.2, -0.15) is 0 Å². The molecule has 0 spiro atoms. The molecule has 4 heteroatoms. The van der Waals surface area contributed by atoms with Crippen molar-refractivity contribution in [2.75, 3.05) is 13.6 Å². The quantitative estimate of drug-likeness (QED) is 0.899. The monoisotopic (exact) mass is 316 g/mol. The Hall–Kier alpha value is -1.55. The maximum Gasteiger partial charge on any atom is 0.317 e. The van der Waals surface area contributed by atoms with E-state index in [4.69, 9.17) is 0 Å². The maximum absolute atomic E-state index is 12.5. The maximum atomic E-state index is 12.5. The van der Waals surface area contributed by atoms with E-state index in [0.29, 0.717) is 6.54 Å². The number of aliphatic hydroxyl groups is 1. The molecule has 1 saturated carbocycles. The van der Waals surface area contributed by atoms with Crippen molar-refractivity contribution in [1.29, 1.82) is 0 Å². The zero-order chi connectivity index (χ0) is 16.2. The van der Waals surface area contributed by atoms with Crippen LogP contribution in [0.4, 0.5) is 4.79 Å². The first-order chi connectivity index (χ1) is 11.1. The summed E-state index contributed by atoms with van der Waals surface area (Å²) in [5.74, 6) is 0.221. The predicted molar refractivity (Wildman–Crippen MR) is 91.2 cm³/mol. The van der Waals surface area contributed by atoms with E-state index in [1.165, 1.54) is 11.1 Å². The molecule has 0 saturated heterocycles. The third-order valence-electron chi connectivity index (χ3n) is 5.39. The molecule has 0 heterocycles. The Kier molecular flexibility index (Phi) is 5.21. The number of rotatable bonds is 3. The van der Waals surface area contributed by atoms with Crippen LogP contribution in [0.5, 0.6) is 0 Å². The highest BCUT2D eigenvalue weighted by Gasteiger charge is 2.27. The van der Waals surface area contributed by atoms with Crippen LogP contribution in [-0.2, 0) is 6.42 Å². The van der Waals surface area contributed by atoms with E-state index in [0.717, 1.165) is 44.9 Å². The van der Waals surface area contributed by atoms with Crippen LogP contribution in [0.15, 0.2) is 24.3 Å². The number of hydrogen-bond acceptors (Lipinski definition) is 2. The van der Waals surface area contributed by atoms with Gasteiger partial charge >= 0.3 is 6.03 Å². The van der Waals surface area contributed by atoms with Crippen LogP contribution in [-0.4, -0.2) is 35.7 Å². The molecule has 2 aliphatic carbocycles. The molecule has 3 atom stereocenters. The van der Waals surface area contributed by atoms with Gasteiger partial charge in [0.05, 0.1) is 12.1 Å². The number of aryl methyl sites for hydroxylation is 1. The Labute approximate surface area is 138 Å². The SMILES string of the molecule is CN(CC1CCCCC1O)C(=O)NC1CCCc2ccccc21. The molecule has 0 bridgehead atoms. The highest BCUT2D eigenvalue weighted by Crippen LogP contribution is 2.30. The predicted octanol–water partition coefficient (Wildman–Crippen LogP) is 3.26. The summed E-state index contributed by atoms with van der Waals surface area (Å²) in [5.41, 5.74) is 2.62. The second kappa shape index (κ2) is 7.35. The fourth-order valence-corrected chi connectivity index (χ4v) is 4.00. The number of carbonyl (C=O) groups excluding carboxylic acids is 1. The Morgan fingerprint density at radius 3 is 2.83 bits per heavy atom. The van der Waals surface area contributed by atoms with E-state index in [1.54, 1.807) is 4.90 Å². The lowest BCUT2D eigenvalue weighted by Gasteiger charge is -2.33. The average Bonchev–Trinajstić information content (AvgIpc) is 2.57. The molecule has 3 unspecified atom stereocenters. The number of amides is 2. The topological polar surface area (TPSA) is 52.6 Å². The summed E-state index contributed by atoms with van der Waals surface area (Å²) in [6.07, 6.45) is 7.12. The number of urea groups is 1. The van der Waals surface area contributed by atoms with Gasteiger partial charge in [-0.3, -0.25) is 0 Å². The van der Waals surface area contributed by atoms with E-state index in [-0.39, 0.29) is 24.1 Å². The van der Waals surface area contributed by atoms with Gasteiger partial charge in [0.1, 0.15) is 0 Å². The Morgan fingerprint density at radius 1 is 1.22 bits per heavy atom. The van der Waals surface area contributed by atoms with E-state index >= 15 is 0 Å². The number of fused-ring (bicyclic) bond motifs is 1. The van der Waals surface area contributed by atoms with Gasteiger partial charge in [-0.1, -0.05) is 37.1 Å². The number of aliphatic hydroxyl groups excluding tert-OH is 1. The van der Waals surface area contributed by atoms with Crippen molar-refractivity contribution in [3.05, 3.63) is 35.4 Å². The molecule has 1 aromatic rings. The molecule has 0 radical (unpaired) electrons. The summed E-state index contributed by atoms with van der Waals surface area (Å²) in [5, 5.41) is 13.3. The van der Waals surface area contributed by atoms with Crippen molar-refractivity contribution in [3.8, 4) is 0 Å². The number of nitrogens with zero attached hydrogens (tertiary/aromatic N) is 1. The first-order valence-electron chi connectivity index (χ1n) is 8.92. The summed E-state index contributed by atoms with van der Waals surface area (Å²) in [4.78, 5) is 14.3. The molecule has 1 aromatic carbocycles. The molecule has 0 aliphatic heterocycles. The molecular weight excluding hydrogens is 288 g/mol. The zero-order valence-electron chi connectivity index (χ0n) is 14.0. The van der Waals surface area contributed by atoms with Crippen LogP contribution in [0, 0.1) is 5.92 Å². The van der Waals surface area contributed by atoms with E-state index in [9.17, 15) is 9.90 Å². The molecule has 2 N–H and O–H groups in total. The van der Waals surface area contributed by atoms with E-state index in [2.05, 4.69) is 23.5 Å². The van der Waals surface area contributed by atoms with Crippen molar-refractivity contribution in [3.63, 3.8) is 0 Å². The van der Waals surface area contributed by atoms with Crippen molar-refractivity contribution < 1.29 is 9.90 Å². The summed E-state index contributed by atoms with van der Waals surface area (Å²) >= 11 is 0. The molecule has 0 aromatic heterocycles. The molecule has 126 valence electrons. The fourth-order valence-electron chi connectivity index (χ4n) is 4.00. The van der Waals surface area contributed by atoms with E-state index < -0.39 is 0 Å². The average molecular weight is 316 g/mol. The lowest BCUT2D eigenvalue weighted by atomic mass is 9.86. The van der Waals surface area contributed by atoms with Gasteiger partial charge in [0.25, 0.3) is 0 Å². The standard InChI is InChI=1S/C19H28N2O2/c1-21(13-15-8-3-5-12-18(15)22)19(23)20-17-11-6-9-14-7-2-4-10-16(14)17/h2,4,7,10,15,17-18,22H,3,5-6,8-9,11-13H2,1H3,(H,20,23). The number of benzene rings is 1. The third-order valence-corrected chi connectivity index (χ3v) is 5.39. The summed E-state index contributed by atoms with van der Waals surface area (Å²) in [6.45, 7) is 0.640. The zero-order valence-corrected chi connectivity index (χ0v) is 14.0. The largest absolute Gasteiger partial charge is 0.393 e. The van der Waals surface area contributed by atoms with Gasteiger partial charge in [-0.05, 0) is 43.2 Å². The Balaban J connectivity index is 1.58. The normalized spacial score (nSPS) is 27.1. The van der Waals surface area contributed by atoms with Gasteiger partial charge in [0, 0.05) is 19.5 Å². The lowest BCUT2D eigenvalue weighted by molar-refractivity contribution is 0.0562. The Morgan fingerprint density at radius 2 is 2.00 bits per heavy atom. The number of hydrogen-bond donors (Lipinski definition) is 2.